The van der Waals surface area contributed by atoms with Crippen molar-refractivity contribution >= 4 is 38.4 Å². The minimum atomic E-state index is -4.73. The third kappa shape index (κ3) is 3.77. The number of sulfonamides is 1. The van der Waals surface area contributed by atoms with Crippen molar-refractivity contribution in [1.82, 2.24) is 19.3 Å². The van der Waals surface area contributed by atoms with Crippen molar-refractivity contribution in [2.75, 3.05) is 0 Å². The lowest BCUT2D eigenvalue weighted by Gasteiger charge is -2.17. The molecule has 3 aromatic rings. The molecule has 1 N–H and O–H groups in total. The van der Waals surface area contributed by atoms with E-state index in [1.807, 2.05) is 0 Å². The van der Waals surface area contributed by atoms with Crippen LogP contribution in [0.2, 0.25) is 5.02 Å². The van der Waals surface area contributed by atoms with Crippen molar-refractivity contribution in [3.8, 4) is 17.5 Å². The largest absolute Gasteiger partial charge is 0.404 e. The number of hydrogen-bond acceptors (Lipinski definition) is 5. The summed E-state index contributed by atoms with van der Waals surface area (Å²) in [7, 11) is -4.46. The number of halogens is 4. The first-order chi connectivity index (χ1) is 15.0. The second-order valence-electron chi connectivity index (χ2n) is 6.91. The molecule has 0 spiro atoms. The zero-order valence-electron chi connectivity index (χ0n) is 16.2. The van der Waals surface area contributed by atoms with Crippen LogP contribution in [-0.4, -0.2) is 35.2 Å². The molecule has 3 heterocycles. The van der Waals surface area contributed by atoms with Crippen molar-refractivity contribution in [1.29, 1.82) is 5.26 Å². The molecule has 3 aromatic heterocycles. The standard InChI is InChI=1S/C20H13ClF3N5O2S/c1-11(20(22,23)24)28-32(30,31)14-5-6-16(26-10-14)19-15(8-25)18-17(7-12(21)9-27-18)29(19)13-3-2-4-13/h2-7,9-11,28H,1H3. The Labute approximate surface area is 185 Å². The predicted molar refractivity (Wildman–Crippen MR) is 112 cm³/mol. The van der Waals surface area contributed by atoms with E-state index < -0.39 is 27.1 Å². The van der Waals surface area contributed by atoms with Crippen molar-refractivity contribution < 1.29 is 21.6 Å². The van der Waals surface area contributed by atoms with Gasteiger partial charge < -0.3 is 4.57 Å². The molecule has 4 rings (SSSR count). The summed E-state index contributed by atoms with van der Waals surface area (Å²) in [5.41, 5.74) is 2.46. The van der Waals surface area contributed by atoms with E-state index in [1.165, 1.54) is 12.3 Å². The van der Waals surface area contributed by atoms with E-state index in [-0.39, 0.29) is 11.3 Å². The van der Waals surface area contributed by atoms with Gasteiger partial charge in [0.15, 0.2) is 0 Å². The number of pyridine rings is 2. The van der Waals surface area contributed by atoms with Crippen LogP contribution >= 0.6 is 11.6 Å². The fourth-order valence-electron chi connectivity index (χ4n) is 3.13. The van der Waals surface area contributed by atoms with E-state index in [4.69, 9.17) is 11.6 Å². The van der Waals surface area contributed by atoms with Gasteiger partial charge in [-0.25, -0.2) is 8.42 Å². The van der Waals surface area contributed by atoms with Crippen LogP contribution in [0.4, 0.5) is 13.2 Å². The molecule has 0 aromatic carbocycles. The average molecular weight is 480 g/mol. The second-order valence-corrected chi connectivity index (χ2v) is 9.06. The number of rotatable bonds is 5. The molecule has 32 heavy (non-hydrogen) atoms. The lowest BCUT2D eigenvalue weighted by molar-refractivity contribution is -0.147. The molecule has 0 fully saturated rings. The highest BCUT2D eigenvalue weighted by Gasteiger charge is 2.39. The third-order valence-electron chi connectivity index (χ3n) is 4.79. The van der Waals surface area contributed by atoms with Crippen LogP contribution in [0.5, 0.6) is 0 Å². The minimum Gasteiger partial charge on any atom is -0.305 e. The second kappa shape index (κ2) is 7.74. The summed E-state index contributed by atoms with van der Waals surface area (Å²) in [5.74, 6) is 0. The Morgan fingerprint density at radius 2 is 1.97 bits per heavy atom. The normalized spacial score (nSPS) is 14.7. The van der Waals surface area contributed by atoms with Gasteiger partial charge >= 0.3 is 6.18 Å². The summed E-state index contributed by atoms with van der Waals surface area (Å²) in [5, 5.41) is 10.1. The summed E-state index contributed by atoms with van der Waals surface area (Å²) < 4.78 is 66.2. The molecule has 0 amide bonds. The van der Waals surface area contributed by atoms with Crippen molar-refractivity contribution in [2.45, 2.75) is 24.0 Å². The zero-order chi connectivity index (χ0) is 23.3. The van der Waals surface area contributed by atoms with Crippen LogP contribution in [0, 0.1) is 11.3 Å². The fraction of sp³-hybridized carbons (Fsp3) is 0.150. The van der Waals surface area contributed by atoms with Gasteiger partial charge in [-0.3, -0.25) is 9.97 Å². The maximum atomic E-state index is 12.8. The van der Waals surface area contributed by atoms with Crippen molar-refractivity contribution in [3.63, 3.8) is 0 Å². The number of allylic oxidation sites excluding steroid dienone is 4. The highest BCUT2D eigenvalue weighted by Crippen LogP contribution is 2.37. The number of nitrogens with one attached hydrogen (secondary N) is 1. The van der Waals surface area contributed by atoms with Gasteiger partial charge in [-0.15, -0.1) is 0 Å². The Morgan fingerprint density at radius 3 is 2.50 bits per heavy atom. The molecule has 0 aliphatic heterocycles. The lowest BCUT2D eigenvalue weighted by Crippen LogP contribution is -2.42. The first-order valence-corrected chi connectivity index (χ1v) is 10.9. The number of aromatic nitrogens is 3. The minimum absolute atomic E-state index is 0.199. The first-order valence-electron chi connectivity index (χ1n) is 9.07. The molecular weight excluding hydrogens is 467 g/mol. The van der Waals surface area contributed by atoms with Crippen LogP contribution in [0.25, 0.3) is 28.1 Å². The third-order valence-corrected chi connectivity index (χ3v) is 6.52. The summed E-state index contributed by atoms with van der Waals surface area (Å²) in [6, 6.07) is 3.91. The molecule has 0 saturated heterocycles. The van der Waals surface area contributed by atoms with E-state index in [0.29, 0.717) is 28.7 Å². The number of alkyl halides is 3. The lowest BCUT2D eigenvalue weighted by atomic mass is 10.1. The fourth-order valence-corrected chi connectivity index (χ4v) is 4.46. The SMILES string of the molecule is CC(NS(=O)(=O)c1ccc(-c2c(C#N)c3ncc(Cl)cc3n2C2=CC=C2)nc1)C(F)(F)F. The van der Waals surface area contributed by atoms with E-state index in [2.05, 4.69) is 16.0 Å². The molecular formula is C20H13ClF3N5O2S. The summed E-state index contributed by atoms with van der Waals surface area (Å²) >= 11 is 6.09. The molecule has 1 aliphatic rings. The van der Waals surface area contributed by atoms with Gasteiger partial charge in [0.1, 0.15) is 28.1 Å². The maximum Gasteiger partial charge on any atom is 0.404 e. The highest BCUT2D eigenvalue weighted by atomic mass is 35.5. The molecule has 12 heteroatoms. The number of nitriles is 1. The average Bonchev–Trinajstić information content (AvgIpc) is 2.99. The number of hydrogen-bond donors (Lipinski definition) is 1. The molecule has 0 bridgehead atoms. The Kier molecular flexibility index (Phi) is 5.32. The highest BCUT2D eigenvalue weighted by molar-refractivity contribution is 7.89. The molecule has 0 radical (unpaired) electrons. The van der Waals surface area contributed by atoms with Gasteiger partial charge in [-0.1, -0.05) is 17.7 Å². The first kappa shape index (κ1) is 22.0. The number of fused-ring (bicyclic) bond motifs is 1. The molecule has 1 unspecified atom stereocenters. The topological polar surface area (TPSA) is 101 Å². The van der Waals surface area contributed by atoms with Crippen molar-refractivity contribution in [3.05, 3.63) is 59.4 Å². The van der Waals surface area contributed by atoms with Gasteiger partial charge in [0, 0.05) is 18.1 Å². The Morgan fingerprint density at radius 1 is 1.25 bits per heavy atom. The van der Waals surface area contributed by atoms with Gasteiger partial charge in [0.2, 0.25) is 10.0 Å². The summed E-state index contributed by atoms with van der Waals surface area (Å²) in [6.45, 7) is 0.703. The molecule has 1 aliphatic carbocycles. The molecule has 164 valence electrons. The number of nitrogens with zero attached hydrogens (tertiary/aromatic N) is 4. The molecule has 1 atom stereocenters. The van der Waals surface area contributed by atoms with Gasteiger partial charge in [-0.2, -0.15) is 23.2 Å². The van der Waals surface area contributed by atoms with Gasteiger partial charge in [0.05, 0.1) is 21.9 Å². The quantitative estimate of drug-likeness (QED) is 0.589. The van der Waals surface area contributed by atoms with Crippen molar-refractivity contribution in [2.24, 2.45) is 0 Å². The van der Waals surface area contributed by atoms with E-state index in [9.17, 15) is 26.9 Å². The van der Waals surface area contributed by atoms with Crippen LogP contribution < -0.4 is 4.72 Å². The van der Waals surface area contributed by atoms with E-state index in [1.54, 1.807) is 33.6 Å². The van der Waals surface area contributed by atoms with Gasteiger partial charge in [0.25, 0.3) is 0 Å². The van der Waals surface area contributed by atoms with Gasteiger partial charge in [-0.05, 0) is 37.3 Å². The zero-order valence-corrected chi connectivity index (χ0v) is 17.8. The van der Waals surface area contributed by atoms with Crippen LogP contribution in [0.3, 0.4) is 0 Å². The van der Waals surface area contributed by atoms with Crippen LogP contribution in [0.15, 0.2) is 53.7 Å². The predicted octanol–water partition coefficient (Wildman–Crippen LogP) is 4.26. The van der Waals surface area contributed by atoms with Crippen LogP contribution in [-0.2, 0) is 10.0 Å². The Bertz CT molecular complexity index is 1440. The summed E-state index contributed by atoms with van der Waals surface area (Å²) in [4.78, 5) is 7.93. The molecule has 7 nitrogen and oxygen atoms in total. The van der Waals surface area contributed by atoms with E-state index >= 15 is 0 Å². The molecule has 0 saturated carbocycles. The smallest absolute Gasteiger partial charge is 0.305 e. The Hall–Kier alpha value is -3.20. The monoisotopic (exact) mass is 479 g/mol. The summed E-state index contributed by atoms with van der Waals surface area (Å²) in [6.07, 6.45) is 3.00. The van der Waals surface area contributed by atoms with E-state index in [0.717, 1.165) is 18.0 Å². The Balaban J connectivity index is 1.82. The maximum absolute atomic E-state index is 12.8. The van der Waals surface area contributed by atoms with Crippen LogP contribution in [0.1, 0.15) is 12.5 Å².